The average molecular weight is 296 g/mol. The number of aryl methyl sites for hydroxylation is 4. The van der Waals surface area contributed by atoms with E-state index in [0.717, 1.165) is 40.8 Å². The van der Waals surface area contributed by atoms with Crippen molar-refractivity contribution >= 4 is 11.6 Å². The maximum atomic E-state index is 6.39. The summed E-state index contributed by atoms with van der Waals surface area (Å²) in [6.45, 7) is 6.85. The van der Waals surface area contributed by atoms with Gasteiger partial charge in [-0.25, -0.2) is 0 Å². The van der Waals surface area contributed by atoms with E-state index in [0.29, 0.717) is 0 Å². The van der Waals surface area contributed by atoms with E-state index in [-0.39, 0.29) is 6.04 Å². The molecule has 0 spiro atoms. The van der Waals surface area contributed by atoms with Crippen molar-refractivity contribution in [2.75, 3.05) is 7.05 Å². The van der Waals surface area contributed by atoms with Gasteiger partial charge in [0, 0.05) is 20.0 Å². The van der Waals surface area contributed by atoms with Crippen molar-refractivity contribution in [1.82, 2.24) is 24.9 Å². The molecule has 0 radical (unpaired) electrons. The van der Waals surface area contributed by atoms with Crippen LogP contribution >= 0.6 is 11.6 Å². The minimum absolute atomic E-state index is 0.167. The molecule has 1 unspecified atom stereocenters. The van der Waals surface area contributed by atoms with E-state index in [4.69, 9.17) is 11.6 Å². The minimum Gasteiger partial charge on any atom is -0.311 e. The first kappa shape index (κ1) is 15.1. The molecule has 2 heterocycles. The molecule has 2 rings (SSSR count). The smallest absolute Gasteiger partial charge is 0.0847 e. The fourth-order valence-corrected chi connectivity index (χ4v) is 2.78. The zero-order valence-electron chi connectivity index (χ0n) is 12.7. The number of hydrogen-bond donors (Lipinski definition) is 1. The number of nitrogens with one attached hydrogen (secondary N) is 1. The molecular formula is C14H22ClN5. The lowest BCUT2D eigenvalue weighted by Gasteiger charge is -2.17. The SMILES string of the molecule is CCn1nc(C)c(Cl)c1CC(NC)c1cc(C)nn1C. The van der Waals surface area contributed by atoms with Crippen molar-refractivity contribution in [3.63, 3.8) is 0 Å². The van der Waals surface area contributed by atoms with Gasteiger partial charge in [-0.15, -0.1) is 0 Å². The number of likely N-dealkylation sites (N-methyl/N-ethyl adjacent to an activating group) is 1. The van der Waals surface area contributed by atoms with E-state index in [1.807, 2.05) is 37.3 Å². The van der Waals surface area contributed by atoms with Crippen LogP contribution in [0, 0.1) is 13.8 Å². The predicted molar refractivity (Wildman–Crippen MR) is 81.1 cm³/mol. The van der Waals surface area contributed by atoms with Gasteiger partial charge in [0.05, 0.1) is 33.8 Å². The van der Waals surface area contributed by atoms with Crippen LogP contribution in [0.25, 0.3) is 0 Å². The first-order valence-corrected chi connectivity index (χ1v) is 7.25. The maximum Gasteiger partial charge on any atom is 0.0847 e. The molecule has 6 heteroatoms. The highest BCUT2D eigenvalue weighted by atomic mass is 35.5. The van der Waals surface area contributed by atoms with Crippen molar-refractivity contribution in [3.05, 3.63) is 33.9 Å². The molecule has 110 valence electrons. The fourth-order valence-electron chi connectivity index (χ4n) is 2.57. The lowest BCUT2D eigenvalue weighted by Crippen LogP contribution is -2.23. The number of nitrogens with zero attached hydrogens (tertiary/aromatic N) is 4. The average Bonchev–Trinajstić information content (AvgIpc) is 2.88. The third kappa shape index (κ3) is 2.74. The highest BCUT2D eigenvalue weighted by molar-refractivity contribution is 6.31. The van der Waals surface area contributed by atoms with Crippen LogP contribution in [0.15, 0.2) is 6.07 Å². The van der Waals surface area contributed by atoms with E-state index < -0.39 is 0 Å². The number of hydrogen-bond acceptors (Lipinski definition) is 3. The molecule has 1 N–H and O–H groups in total. The monoisotopic (exact) mass is 295 g/mol. The molecule has 5 nitrogen and oxygen atoms in total. The highest BCUT2D eigenvalue weighted by Crippen LogP contribution is 2.26. The van der Waals surface area contributed by atoms with Crippen LogP contribution in [0.2, 0.25) is 5.02 Å². The summed E-state index contributed by atoms with van der Waals surface area (Å²) in [5.41, 5.74) is 4.14. The standard InChI is InChI=1S/C14H22ClN5/c1-6-20-13(14(15)10(3)18-20)8-11(16-4)12-7-9(2)17-19(12)5/h7,11,16H,6,8H2,1-5H3. The molecule has 0 fully saturated rings. The van der Waals surface area contributed by atoms with Gasteiger partial charge < -0.3 is 5.32 Å². The van der Waals surface area contributed by atoms with Crippen LogP contribution in [-0.2, 0) is 20.0 Å². The molecule has 20 heavy (non-hydrogen) atoms. The van der Waals surface area contributed by atoms with Crippen molar-refractivity contribution in [1.29, 1.82) is 0 Å². The summed E-state index contributed by atoms with van der Waals surface area (Å²) in [7, 11) is 3.93. The predicted octanol–water partition coefficient (Wildman–Crippen LogP) is 2.41. The zero-order valence-corrected chi connectivity index (χ0v) is 13.5. The molecule has 2 aromatic heterocycles. The van der Waals surface area contributed by atoms with E-state index in [2.05, 4.69) is 28.5 Å². The summed E-state index contributed by atoms with van der Waals surface area (Å²) in [5, 5.41) is 13.0. The zero-order chi connectivity index (χ0) is 14.9. The second-order valence-corrected chi connectivity index (χ2v) is 5.42. The van der Waals surface area contributed by atoms with Gasteiger partial charge in [-0.2, -0.15) is 10.2 Å². The Morgan fingerprint density at radius 1 is 1.35 bits per heavy atom. The summed E-state index contributed by atoms with van der Waals surface area (Å²) in [6, 6.07) is 2.27. The summed E-state index contributed by atoms with van der Waals surface area (Å²) < 4.78 is 3.90. The second-order valence-electron chi connectivity index (χ2n) is 5.04. The first-order valence-electron chi connectivity index (χ1n) is 6.87. The van der Waals surface area contributed by atoms with Crippen LogP contribution in [0.5, 0.6) is 0 Å². The molecule has 0 saturated heterocycles. The Balaban J connectivity index is 2.34. The fraction of sp³-hybridized carbons (Fsp3) is 0.571. The largest absolute Gasteiger partial charge is 0.311 e. The van der Waals surface area contributed by atoms with E-state index in [9.17, 15) is 0 Å². The second kappa shape index (κ2) is 5.97. The summed E-state index contributed by atoms with van der Waals surface area (Å²) in [6.07, 6.45) is 0.795. The summed E-state index contributed by atoms with van der Waals surface area (Å²) in [5.74, 6) is 0. The third-order valence-corrected chi connectivity index (χ3v) is 4.09. The van der Waals surface area contributed by atoms with E-state index >= 15 is 0 Å². The molecule has 1 atom stereocenters. The number of halogens is 1. The Morgan fingerprint density at radius 2 is 2.05 bits per heavy atom. The lowest BCUT2D eigenvalue weighted by molar-refractivity contribution is 0.508. The van der Waals surface area contributed by atoms with Crippen molar-refractivity contribution in [2.45, 2.75) is 39.8 Å². The molecule has 0 aliphatic carbocycles. The maximum absolute atomic E-state index is 6.39. The van der Waals surface area contributed by atoms with Gasteiger partial charge in [-0.05, 0) is 33.9 Å². The van der Waals surface area contributed by atoms with Gasteiger partial charge >= 0.3 is 0 Å². The van der Waals surface area contributed by atoms with E-state index in [1.165, 1.54) is 0 Å². The van der Waals surface area contributed by atoms with Crippen molar-refractivity contribution < 1.29 is 0 Å². The van der Waals surface area contributed by atoms with Gasteiger partial charge in [0.15, 0.2) is 0 Å². The summed E-state index contributed by atoms with van der Waals surface area (Å²) >= 11 is 6.39. The Morgan fingerprint density at radius 3 is 2.55 bits per heavy atom. The van der Waals surface area contributed by atoms with Gasteiger partial charge in [0.25, 0.3) is 0 Å². The minimum atomic E-state index is 0.167. The van der Waals surface area contributed by atoms with Gasteiger partial charge in [-0.1, -0.05) is 11.6 Å². The quantitative estimate of drug-likeness (QED) is 0.921. The molecule has 2 aromatic rings. The Labute approximate surface area is 124 Å². The van der Waals surface area contributed by atoms with Crippen molar-refractivity contribution in [3.8, 4) is 0 Å². The number of aromatic nitrogens is 4. The molecule has 0 bridgehead atoms. The van der Waals surface area contributed by atoms with Crippen molar-refractivity contribution in [2.24, 2.45) is 7.05 Å². The normalized spacial score (nSPS) is 12.9. The van der Waals surface area contributed by atoms with Crippen LogP contribution in [-0.4, -0.2) is 26.6 Å². The van der Waals surface area contributed by atoms with Crippen LogP contribution in [0.4, 0.5) is 0 Å². The van der Waals surface area contributed by atoms with E-state index in [1.54, 1.807) is 0 Å². The molecule has 0 saturated carbocycles. The summed E-state index contributed by atoms with van der Waals surface area (Å²) in [4.78, 5) is 0. The van der Waals surface area contributed by atoms with Crippen LogP contribution in [0.3, 0.4) is 0 Å². The molecule has 0 aromatic carbocycles. The highest BCUT2D eigenvalue weighted by Gasteiger charge is 2.20. The molecule has 0 amide bonds. The van der Waals surface area contributed by atoms with Crippen LogP contribution < -0.4 is 5.32 Å². The van der Waals surface area contributed by atoms with Gasteiger partial charge in [0.2, 0.25) is 0 Å². The topological polar surface area (TPSA) is 47.7 Å². The Hall–Kier alpha value is -1.33. The Kier molecular flexibility index (Phi) is 4.50. The third-order valence-electron chi connectivity index (χ3n) is 3.59. The van der Waals surface area contributed by atoms with Crippen LogP contribution in [0.1, 0.15) is 35.7 Å². The van der Waals surface area contributed by atoms with Gasteiger partial charge in [0.1, 0.15) is 0 Å². The van der Waals surface area contributed by atoms with Gasteiger partial charge in [-0.3, -0.25) is 9.36 Å². The molecule has 0 aliphatic heterocycles. The lowest BCUT2D eigenvalue weighted by atomic mass is 10.1. The molecular weight excluding hydrogens is 274 g/mol. The number of rotatable bonds is 5. The first-order chi connectivity index (χ1) is 9.47. The Bertz CT molecular complexity index is 599. The molecule has 0 aliphatic rings.